The van der Waals surface area contributed by atoms with E-state index in [2.05, 4.69) is 27.0 Å². The van der Waals surface area contributed by atoms with E-state index in [9.17, 15) is 4.79 Å². The molecule has 0 heterocycles. The number of hydrogen-bond acceptors (Lipinski definition) is 4. The minimum absolute atomic E-state index is 0.425. The maximum atomic E-state index is 11.6. The lowest BCUT2D eigenvalue weighted by Gasteiger charge is -2.20. The fraction of sp³-hybridized carbons (Fsp3) is 0.556. The lowest BCUT2D eigenvalue weighted by Crippen LogP contribution is -2.42. The molecule has 1 amide bonds. The van der Waals surface area contributed by atoms with Gasteiger partial charge in [0.2, 0.25) is 0 Å². The molecule has 0 aliphatic carbocycles. The lowest BCUT2D eigenvalue weighted by molar-refractivity contribution is 0.0529. The van der Waals surface area contributed by atoms with Crippen LogP contribution in [0.2, 0.25) is 0 Å². The number of hydrogen-bond donors (Lipinski definition) is 3. The number of nitrogens with one attached hydrogen (secondary N) is 3. The molecule has 0 bridgehead atoms. The number of guanidine groups is 1. The van der Waals surface area contributed by atoms with Crippen molar-refractivity contribution in [3.63, 3.8) is 0 Å². The molecule has 1 aromatic rings. The summed E-state index contributed by atoms with van der Waals surface area (Å²) in [5.74, 6) is 0.665. The highest BCUT2D eigenvalue weighted by atomic mass is 16.6. The van der Waals surface area contributed by atoms with Crippen LogP contribution in [0.25, 0.3) is 0 Å². The van der Waals surface area contributed by atoms with Gasteiger partial charge in [0.1, 0.15) is 5.60 Å². The zero-order chi connectivity index (χ0) is 18.7. The first kappa shape index (κ1) is 20.8. The number of aliphatic imine (C=N–C) groups is 1. The van der Waals surface area contributed by atoms with Crippen LogP contribution in [0, 0.1) is 0 Å². The maximum absolute atomic E-state index is 11.6. The second-order valence-electron chi connectivity index (χ2n) is 6.48. The quantitative estimate of drug-likeness (QED) is 0.398. The smallest absolute Gasteiger partial charge is 0.407 e. The molecule has 7 heteroatoms. The first-order valence-corrected chi connectivity index (χ1v) is 8.33. The Kier molecular flexibility index (Phi) is 8.77. The van der Waals surface area contributed by atoms with Gasteiger partial charge in [-0.05, 0) is 31.9 Å². The Morgan fingerprint density at radius 2 is 1.72 bits per heavy atom. The topological polar surface area (TPSA) is 84.0 Å². The van der Waals surface area contributed by atoms with Gasteiger partial charge in [0.25, 0.3) is 0 Å². The van der Waals surface area contributed by atoms with Gasteiger partial charge in [-0.2, -0.15) is 0 Å². The Balaban J connectivity index is 2.35. The van der Waals surface area contributed by atoms with Crippen LogP contribution in [0.5, 0.6) is 0 Å². The molecule has 0 atom stereocenters. The van der Waals surface area contributed by atoms with E-state index in [0.717, 1.165) is 11.1 Å². The Hall–Kier alpha value is -2.28. The first-order chi connectivity index (χ1) is 11.9. The number of rotatable bonds is 7. The molecule has 3 N–H and O–H groups in total. The predicted molar refractivity (Wildman–Crippen MR) is 99.6 cm³/mol. The van der Waals surface area contributed by atoms with Crippen molar-refractivity contribution in [2.75, 3.05) is 27.2 Å². The molecule has 0 saturated heterocycles. The minimum Gasteiger partial charge on any atom is -0.444 e. The van der Waals surface area contributed by atoms with Gasteiger partial charge in [-0.1, -0.05) is 24.3 Å². The Morgan fingerprint density at radius 3 is 2.32 bits per heavy atom. The summed E-state index contributed by atoms with van der Waals surface area (Å²) in [6, 6.07) is 8.09. The van der Waals surface area contributed by atoms with E-state index in [-0.39, 0.29) is 0 Å². The summed E-state index contributed by atoms with van der Waals surface area (Å²) in [5.41, 5.74) is 1.80. The molecular formula is C18H30N4O3. The molecule has 0 radical (unpaired) electrons. The van der Waals surface area contributed by atoms with Gasteiger partial charge in [0.15, 0.2) is 5.96 Å². The van der Waals surface area contributed by atoms with E-state index in [1.165, 1.54) is 0 Å². The van der Waals surface area contributed by atoms with Crippen molar-refractivity contribution in [3.8, 4) is 0 Å². The van der Waals surface area contributed by atoms with Gasteiger partial charge < -0.3 is 25.4 Å². The number of nitrogens with zero attached hydrogens (tertiary/aromatic N) is 1. The van der Waals surface area contributed by atoms with Crippen molar-refractivity contribution < 1.29 is 14.3 Å². The summed E-state index contributed by atoms with van der Waals surface area (Å²) in [5, 5.41) is 9.09. The number of benzene rings is 1. The third kappa shape index (κ3) is 8.95. The zero-order valence-electron chi connectivity index (χ0n) is 15.8. The standard InChI is InChI=1S/C18H30N4O3/c1-18(2,3)25-17(23)21-11-10-20-16(19-4)22-12-14-8-6-7-9-15(14)13-24-5/h6-9H,10-13H2,1-5H3,(H,21,23)(H2,19,20,22). The molecule has 7 nitrogen and oxygen atoms in total. The van der Waals surface area contributed by atoms with Gasteiger partial charge in [0.05, 0.1) is 6.61 Å². The molecule has 1 rings (SSSR count). The molecule has 0 saturated carbocycles. The normalized spacial score (nSPS) is 11.8. The SMILES string of the molecule is CN=C(NCCNC(=O)OC(C)(C)C)NCc1ccccc1COC. The first-order valence-electron chi connectivity index (χ1n) is 8.33. The van der Waals surface area contributed by atoms with Crippen molar-refractivity contribution >= 4 is 12.1 Å². The van der Waals surface area contributed by atoms with Crippen LogP contribution in [0.1, 0.15) is 31.9 Å². The molecule has 140 valence electrons. The monoisotopic (exact) mass is 350 g/mol. The van der Waals surface area contributed by atoms with Crippen LogP contribution < -0.4 is 16.0 Å². The summed E-state index contributed by atoms with van der Waals surface area (Å²) in [4.78, 5) is 15.7. The van der Waals surface area contributed by atoms with E-state index in [4.69, 9.17) is 9.47 Å². The highest BCUT2D eigenvalue weighted by molar-refractivity contribution is 5.79. The van der Waals surface area contributed by atoms with Crippen LogP contribution in [-0.4, -0.2) is 44.9 Å². The largest absolute Gasteiger partial charge is 0.444 e. The molecule has 0 spiro atoms. The van der Waals surface area contributed by atoms with Gasteiger partial charge in [0, 0.05) is 33.8 Å². The number of alkyl carbamates (subject to hydrolysis) is 1. The van der Waals surface area contributed by atoms with E-state index in [1.807, 2.05) is 39.0 Å². The van der Waals surface area contributed by atoms with Crippen LogP contribution in [-0.2, 0) is 22.6 Å². The summed E-state index contributed by atoms with van der Waals surface area (Å²) in [6.45, 7) is 7.69. The second-order valence-corrected chi connectivity index (χ2v) is 6.48. The highest BCUT2D eigenvalue weighted by Gasteiger charge is 2.15. The van der Waals surface area contributed by atoms with Crippen molar-refractivity contribution in [1.82, 2.24) is 16.0 Å². The van der Waals surface area contributed by atoms with E-state index < -0.39 is 11.7 Å². The van der Waals surface area contributed by atoms with Gasteiger partial charge >= 0.3 is 6.09 Å². The van der Waals surface area contributed by atoms with Crippen molar-refractivity contribution in [2.24, 2.45) is 4.99 Å². The summed E-state index contributed by atoms with van der Waals surface area (Å²) < 4.78 is 10.4. The van der Waals surface area contributed by atoms with Crippen molar-refractivity contribution in [2.45, 2.75) is 39.5 Å². The molecule has 25 heavy (non-hydrogen) atoms. The molecule has 0 aromatic heterocycles. The predicted octanol–water partition coefficient (Wildman–Crippen LogP) is 2.02. The second kappa shape index (κ2) is 10.6. The molecule has 0 aliphatic heterocycles. The molecule has 0 unspecified atom stereocenters. The fourth-order valence-electron chi connectivity index (χ4n) is 2.09. The van der Waals surface area contributed by atoms with E-state index in [1.54, 1.807) is 14.2 Å². The zero-order valence-corrected chi connectivity index (χ0v) is 15.8. The average molecular weight is 350 g/mol. The number of amides is 1. The number of carbonyl (C=O) groups is 1. The van der Waals surface area contributed by atoms with Crippen LogP contribution in [0.15, 0.2) is 29.3 Å². The Labute approximate surface area is 150 Å². The molecule has 0 aliphatic rings. The van der Waals surface area contributed by atoms with Crippen LogP contribution in [0.3, 0.4) is 0 Å². The maximum Gasteiger partial charge on any atom is 0.407 e. The van der Waals surface area contributed by atoms with E-state index >= 15 is 0 Å². The minimum atomic E-state index is -0.495. The Morgan fingerprint density at radius 1 is 1.08 bits per heavy atom. The van der Waals surface area contributed by atoms with Gasteiger partial charge in [-0.25, -0.2) is 4.79 Å². The van der Waals surface area contributed by atoms with Crippen molar-refractivity contribution in [1.29, 1.82) is 0 Å². The number of carbonyl (C=O) groups excluding carboxylic acids is 1. The van der Waals surface area contributed by atoms with Crippen LogP contribution in [0.4, 0.5) is 4.79 Å². The lowest BCUT2D eigenvalue weighted by atomic mass is 10.1. The van der Waals surface area contributed by atoms with E-state index in [0.29, 0.717) is 32.2 Å². The third-order valence-electron chi connectivity index (χ3n) is 3.17. The molecule has 0 fully saturated rings. The van der Waals surface area contributed by atoms with Crippen molar-refractivity contribution in [3.05, 3.63) is 35.4 Å². The summed E-state index contributed by atoms with van der Waals surface area (Å²) >= 11 is 0. The highest BCUT2D eigenvalue weighted by Crippen LogP contribution is 2.09. The average Bonchev–Trinajstić information content (AvgIpc) is 2.54. The summed E-state index contributed by atoms with van der Waals surface area (Å²) in [7, 11) is 3.39. The van der Waals surface area contributed by atoms with Gasteiger partial charge in [-0.3, -0.25) is 4.99 Å². The van der Waals surface area contributed by atoms with Crippen LogP contribution >= 0.6 is 0 Å². The molecular weight excluding hydrogens is 320 g/mol. The Bertz CT molecular complexity index is 568. The number of ether oxygens (including phenoxy) is 2. The number of methoxy groups -OCH3 is 1. The van der Waals surface area contributed by atoms with Gasteiger partial charge in [-0.15, -0.1) is 0 Å². The third-order valence-corrected chi connectivity index (χ3v) is 3.17. The molecule has 1 aromatic carbocycles. The fourth-order valence-corrected chi connectivity index (χ4v) is 2.09. The summed E-state index contributed by atoms with van der Waals surface area (Å²) in [6.07, 6.45) is -0.425.